The first-order valence-electron chi connectivity index (χ1n) is 7.25. The Morgan fingerprint density at radius 2 is 1.67 bits per heavy atom. The van der Waals surface area contributed by atoms with Crippen molar-refractivity contribution in [1.29, 1.82) is 0 Å². The van der Waals surface area contributed by atoms with Gasteiger partial charge in [-0.05, 0) is 42.2 Å². The first kappa shape index (κ1) is 16.1. The van der Waals surface area contributed by atoms with E-state index in [0.29, 0.717) is 5.92 Å². The largest absolute Gasteiger partial charge is 0.484 e. The van der Waals surface area contributed by atoms with Crippen molar-refractivity contribution in [2.75, 3.05) is 0 Å². The van der Waals surface area contributed by atoms with Gasteiger partial charge in [0.25, 0.3) is 0 Å². The van der Waals surface area contributed by atoms with E-state index in [9.17, 15) is 0 Å². The zero-order valence-corrected chi connectivity index (χ0v) is 14.3. The van der Waals surface area contributed by atoms with E-state index < -0.39 is 0 Å². The van der Waals surface area contributed by atoms with E-state index in [4.69, 9.17) is 10.5 Å². The molecular weight excluding hydrogens is 326 g/mol. The van der Waals surface area contributed by atoms with Gasteiger partial charge in [0.1, 0.15) is 11.9 Å². The van der Waals surface area contributed by atoms with Crippen LogP contribution >= 0.6 is 15.9 Å². The van der Waals surface area contributed by atoms with Gasteiger partial charge in [0.05, 0.1) is 0 Å². The number of nitrogens with two attached hydrogens (primary N) is 1. The Labute approximate surface area is 135 Å². The minimum Gasteiger partial charge on any atom is -0.484 e. The van der Waals surface area contributed by atoms with Crippen LogP contribution in [-0.2, 0) is 0 Å². The topological polar surface area (TPSA) is 35.2 Å². The molecule has 2 N–H and O–H groups in total. The molecule has 0 saturated heterocycles. The van der Waals surface area contributed by atoms with Gasteiger partial charge in [0.15, 0.2) is 0 Å². The van der Waals surface area contributed by atoms with Crippen molar-refractivity contribution in [3.63, 3.8) is 0 Å². The lowest BCUT2D eigenvalue weighted by molar-refractivity contribution is 0.178. The Morgan fingerprint density at radius 3 is 2.24 bits per heavy atom. The normalized spacial score (nSPS) is 14.0. The van der Waals surface area contributed by atoms with Gasteiger partial charge >= 0.3 is 0 Å². The molecule has 2 aromatic carbocycles. The van der Waals surface area contributed by atoms with Crippen LogP contribution in [0.2, 0.25) is 0 Å². The lowest BCUT2D eigenvalue weighted by Crippen LogP contribution is -2.29. The molecule has 112 valence electrons. The molecule has 0 amide bonds. The molecule has 0 heterocycles. The smallest absolute Gasteiger partial charge is 0.138 e. The molecule has 0 spiro atoms. The molecule has 3 heteroatoms. The highest BCUT2D eigenvalue weighted by molar-refractivity contribution is 9.10. The number of halogens is 1. The number of benzene rings is 2. The number of rotatable bonds is 5. The second-order valence-corrected chi connectivity index (χ2v) is 6.56. The first-order chi connectivity index (χ1) is 9.99. The molecule has 2 unspecified atom stereocenters. The summed E-state index contributed by atoms with van der Waals surface area (Å²) < 4.78 is 7.33. The minimum absolute atomic E-state index is 0.0870. The molecule has 0 aromatic heterocycles. The standard InChI is InChI=1S/C18H22BrNO/c1-12(2)16-11-15(19)9-10-17(16)21-18(13(3)20)14-7-5-4-6-8-14/h4-13,18H,20H2,1-3H3. The Balaban J connectivity index is 2.34. The summed E-state index contributed by atoms with van der Waals surface area (Å²) in [5.41, 5.74) is 8.43. The lowest BCUT2D eigenvalue weighted by atomic mass is 10.0. The molecule has 0 aliphatic rings. The van der Waals surface area contributed by atoms with Crippen molar-refractivity contribution in [3.05, 3.63) is 64.1 Å². The third-order valence-electron chi connectivity index (χ3n) is 3.45. The Bertz CT molecular complexity index is 581. The number of ether oxygens (including phenoxy) is 1. The monoisotopic (exact) mass is 347 g/mol. The van der Waals surface area contributed by atoms with Crippen molar-refractivity contribution < 1.29 is 4.74 Å². The summed E-state index contributed by atoms with van der Waals surface area (Å²) in [7, 11) is 0. The SMILES string of the molecule is CC(C)c1cc(Br)ccc1OC(c1ccccc1)C(C)N. The zero-order chi connectivity index (χ0) is 15.4. The maximum Gasteiger partial charge on any atom is 0.138 e. The van der Waals surface area contributed by atoms with E-state index in [0.717, 1.165) is 15.8 Å². The average molecular weight is 348 g/mol. The summed E-state index contributed by atoms with van der Waals surface area (Å²) in [5.74, 6) is 1.29. The van der Waals surface area contributed by atoms with Gasteiger partial charge in [0, 0.05) is 10.5 Å². The predicted molar refractivity (Wildman–Crippen MR) is 91.7 cm³/mol. The fraction of sp³-hybridized carbons (Fsp3) is 0.333. The van der Waals surface area contributed by atoms with Crippen molar-refractivity contribution >= 4 is 15.9 Å². The third-order valence-corrected chi connectivity index (χ3v) is 3.95. The van der Waals surface area contributed by atoms with Gasteiger partial charge in [-0.25, -0.2) is 0 Å². The Morgan fingerprint density at radius 1 is 1.00 bits per heavy atom. The molecule has 0 bridgehead atoms. The maximum absolute atomic E-state index is 6.26. The van der Waals surface area contributed by atoms with Crippen molar-refractivity contribution in [2.45, 2.75) is 38.8 Å². The van der Waals surface area contributed by atoms with Crippen molar-refractivity contribution in [3.8, 4) is 5.75 Å². The molecule has 2 nitrogen and oxygen atoms in total. The highest BCUT2D eigenvalue weighted by atomic mass is 79.9. The van der Waals surface area contributed by atoms with E-state index in [1.165, 1.54) is 5.56 Å². The highest BCUT2D eigenvalue weighted by Gasteiger charge is 2.20. The second kappa shape index (κ2) is 7.10. The van der Waals surface area contributed by atoms with Gasteiger partial charge < -0.3 is 10.5 Å². The summed E-state index contributed by atoms with van der Waals surface area (Å²) in [5, 5.41) is 0. The van der Waals surface area contributed by atoms with Crippen molar-refractivity contribution in [1.82, 2.24) is 0 Å². The summed E-state index contributed by atoms with van der Waals surface area (Å²) in [6, 6.07) is 16.2. The number of hydrogen-bond acceptors (Lipinski definition) is 2. The van der Waals surface area contributed by atoms with E-state index >= 15 is 0 Å². The van der Waals surface area contributed by atoms with E-state index in [2.05, 4.69) is 48.0 Å². The van der Waals surface area contributed by atoms with Crippen LogP contribution in [-0.4, -0.2) is 6.04 Å². The van der Waals surface area contributed by atoms with Gasteiger partial charge in [-0.2, -0.15) is 0 Å². The zero-order valence-electron chi connectivity index (χ0n) is 12.7. The van der Waals surface area contributed by atoms with Crippen LogP contribution in [0.5, 0.6) is 5.75 Å². The molecule has 0 aliphatic carbocycles. The second-order valence-electron chi connectivity index (χ2n) is 5.65. The van der Waals surface area contributed by atoms with Gasteiger partial charge in [-0.1, -0.05) is 60.1 Å². The predicted octanol–water partition coefficient (Wildman–Crippen LogP) is 5.04. The number of hydrogen-bond donors (Lipinski definition) is 1. The average Bonchev–Trinajstić information content (AvgIpc) is 2.46. The van der Waals surface area contributed by atoms with Crippen molar-refractivity contribution in [2.24, 2.45) is 5.73 Å². The fourth-order valence-electron chi connectivity index (χ4n) is 2.34. The summed E-state index contributed by atoms with van der Waals surface area (Å²) >= 11 is 3.52. The molecule has 0 aliphatic heterocycles. The molecule has 2 aromatic rings. The van der Waals surface area contributed by atoms with E-state index in [-0.39, 0.29) is 12.1 Å². The van der Waals surface area contributed by atoms with Crippen LogP contribution in [0.25, 0.3) is 0 Å². The lowest BCUT2D eigenvalue weighted by Gasteiger charge is -2.25. The molecule has 2 rings (SSSR count). The highest BCUT2D eigenvalue weighted by Crippen LogP contribution is 2.33. The summed E-state index contributed by atoms with van der Waals surface area (Å²) in [6.45, 7) is 6.31. The van der Waals surface area contributed by atoms with Crippen LogP contribution < -0.4 is 10.5 Å². The maximum atomic E-state index is 6.26. The van der Waals surface area contributed by atoms with Gasteiger partial charge in [0.2, 0.25) is 0 Å². The van der Waals surface area contributed by atoms with Crippen LogP contribution in [0.3, 0.4) is 0 Å². The van der Waals surface area contributed by atoms with Gasteiger partial charge in [-0.3, -0.25) is 0 Å². The molecule has 2 atom stereocenters. The Hall–Kier alpha value is -1.32. The first-order valence-corrected chi connectivity index (χ1v) is 8.05. The fourth-order valence-corrected chi connectivity index (χ4v) is 2.72. The minimum atomic E-state index is -0.148. The molecular formula is C18H22BrNO. The summed E-state index contributed by atoms with van der Waals surface area (Å²) in [6.07, 6.45) is -0.148. The van der Waals surface area contributed by atoms with Crippen LogP contribution in [0.15, 0.2) is 53.0 Å². The Kier molecular flexibility index (Phi) is 5.43. The van der Waals surface area contributed by atoms with Gasteiger partial charge in [-0.15, -0.1) is 0 Å². The van der Waals surface area contributed by atoms with E-state index in [1.54, 1.807) is 0 Å². The van der Waals surface area contributed by atoms with E-state index in [1.807, 2.05) is 37.3 Å². The van der Waals surface area contributed by atoms with Crippen LogP contribution in [0.1, 0.15) is 43.9 Å². The summed E-state index contributed by atoms with van der Waals surface area (Å²) in [4.78, 5) is 0. The molecule has 0 saturated carbocycles. The third kappa shape index (κ3) is 4.08. The van der Waals surface area contributed by atoms with Crippen LogP contribution in [0.4, 0.5) is 0 Å². The molecule has 0 radical (unpaired) electrons. The molecule has 21 heavy (non-hydrogen) atoms. The molecule has 0 fully saturated rings. The quantitative estimate of drug-likeness (QED) is 0.822. The van der Waals surface area contributed by atoms with Crippen LogP contribution in [0, 0.1) is 0 Å².